The van der Waals surface area contributed by atoms with Gasteiger partial charge in [-0.05, 0) is 48.1 Å². The summed E-state index contributed by atoms with van der Waals surface area (Å²) in [5.74, 6) is -0.492. The molecule has 1 aliphatic carbocycles. The summed E-state index contributed by atoms with van der Waals surface area (Å²) in [7, 11) is 0. The summed E-state index contributed by atoms with van der Waals surface area (Å²) >= 11 is 6.44. The fraction of sp³-hybridized carbons (Fsp3) is 0.250. The molecular formula is C20H18ClNO2. The molecule has 1 aliphatic heterocycles. The van der Waals surface area contributed by atoms with Gasteiger partial charge in [0.1, 0.15) is 0 Å². The van der Waals surface area contributed by atoms with Crippen LogP contribution in [-0.4, -0.2) is 11.1 Å². The van der Waals surface area contributed by atoms with Crippen molar-refractivity contribution in [2.45, 2.75) is 25.3 Å². The topological polar surface area (TPSA) is 49.3 Å². The number of fused-ring (bicyclic) bond motifs is 3. The minimum Gasteiger partial charge on any atom is -0.478 e. The number of anilines is 1. The average molecular weight is 340 g/mol. The third kappa shape index (κ3) is 2.23. The van der Waals surface area contributed by atoms with Gasteiger partial charge in [0.25, 0.3) is 0 Å². The number of rotatable bonds is 2. The van der Waals surface area contributed by atoms with Crippen LogP contribution in [0.4, 0.5) is 5.69 Å². The number of halogens is 1. The van der Waals surface area contributed by atoms with Gasteiger partial charge >= 0.3 is 5.97 Å². The van der Waals surface area contributed by atoms with E-state index < -0.39 is 5.97 Å². The van der Waals surface area contributed by atoms with Crippen molar-refractivity contribution >= 4 is 23.3 Å². The fourth-order valence-electron chi connectivity index (χ4n) is 4.08. The molecule has 2 aliphatic rings. The molecule has 0 spiro atoms. The third-order valence-corrected chi connectivity index (χ3v) is 5.54. The van der Waals surface area contributed by atoms with E-state index in [9.17, 15) is 9.90 Å². The number of hydrogen-bond acceptors (Lipinski definition) is 2. The van der Waals surface area contributed by atoms with Crippen LogP contribution in [0.2, 0.25) is 5.02 Å². The Morgan fingerprint density at radius 2 is 2.04 bits per heavy atom. The molecule has 3 nitrogen and oxygen atoms in total. The molecule has 2 N–H and O–H groups in total. The lowest BCUT2D eigenvalue weighted by molar-refractivity contribution is 0.0695. The van der Waals surface area contributed by atoms with Crippen LogP contribution in [0.15, 0.2) is 48.6 Å². The van der Waals surface area contributed by atoms with Gasteiger partial charge in [0.2, 0.25) is 0 Å². The van der Waals surface area contributed by atoms with Crippen molar-refractivity contribution < 1.29 is 9.90 Å². The molecule has 0 fully saturated rings. The molecule has 0 bridgehead atoms. The summed E-state index contributed by atoms with van der Waals surface area (Å²) in [5.41, 5.74) is 4.37. The lowest BCUT2D eigenvalue weighted by atomic mass is 9.74. The monoisotopic (exact) mass is 339 g/mol. The average Bonchev–Trinajstić information content (AvgIpc) is 3.05. The van der Waals surface area contributed by atoms with E-state index in [1.165, 1.54) is 0 Å². The second-order valence-corrected chi connectivity index (χ2v) is 6.93. The first-order valence-electron chi connectivity index (χ1n) is 8.12. The number of carboxylic acid groups (broad SMARTS) is 1. The number of benzene rings is 2. The summed E-state index contributed by atoms with van der Waals surface area (Å²) in [4.78, 5) is 11.7. The van der Waals surface area contributed by atoms with Crippen molar-refractivity contribution in [3.8, 4) is 0 Å². The van der Waals surface area contributed by atoms with Gasteiger partial charge in [0.05, 0.1) is 11.6 Å². The number of aromatic carboxylic acids is 1. The highest BCUT2D eigenvalue weighted by Crippen LogP contribution is 2.52. The molecule has 24 heavy (non-hydrogen) atoms. The number of allylic oxidation sites excluding steroid dienone is 2. The lowest BCUT2D eigenvalue weighted by Crippen LogP contribution is -2.31. The van der Waals surface area contributed by atoms with Crippen molar-refractivity contribution in [2.75, 3.05) is 5.32 Å². The predicted molar refractivity (Wildman–Crippen MR) is 95.9 cm³/mol. The van der Waals surface area contributed by atoms with E-state index in [1.54, 1.807) is 6.07 Å². The fourth-order valence-corrected chi connectivity index (χ4v) is 4.33. The minimum absolute atomic E-state index is 0.0777. The maximum Gasteiger partial charge on any atom is 0.336 e. The third-order valence-electron chi connectivity index (χ3n) is 5.20. The number of hydrogen-bond donors (Lipinski definition) is 2. The van der Waals surface area contributed by atoms with Gasteiger partial charge in [-0.1, -0.05) is 48.0 Å². The Morgan fingerprint density at radius 1 is 1.25 bits per heavy atom. The second kappa shape index (κ2) is 5.67. The molecule has 0 amide bonds. The lowest BCUT2D eigenvalue weighted by Gasteiger charge is -2.39. The molecule has 0 saturated carbocycles. The van der Waals surface area contributed by atoms with E-state index in [-0.39, 0.29) is 17.9 Å². The van der Waals surface area contributed by atoms with Crippen molar-refractivity contribution in [3.05, 3.63) is 75.8 Å². The maximum atomic E-state index is 11.7. The number of carbonyl (C=O) groups is 1. The van der Waals surface area contributed by atoms with Gasteiger partial charge in [0, 0.05) is 16.6 Å². The summed E-state index contributed by atoms with van der Waals surface area (Å²) in [6, 6.07) is 11.6. The van der Waals surface area contributed by atoms with E-state index in [0.29, 0.717) is 5.56 Å². The van der Waals surface area contributed by atoms with E-state index in [2.05, 4.69) is 23.5 Å². The van der Waals surface area contributed by atoms with Crippen LogP contribution in [0.25, 0.3) is 0 Å². The molecule has 0 saturated heterocycles. The first-order chi connectivity index (χ1) is 11.6. The predicted octanol–water partition coefficient (Wildman–Crippen LogP) is 5.17. The highest BCUT2D eigenvalue weighted by atomic mass is 35.5. The van der Waals surface area contributed by atoms with Gasteiger partial charge in [-0.25, -0.2) is 4.79 Å². The molecule has 0 radical (unpaired) electrons. The van der Waals surface area contributed by atoms with Gasteiger partial charge in [-0.15, -0.1) is 0 Å². The van der Waals surface area contributed by atoms with Crippen LogP contribution >= 0.6 is 11.6 Å². The second-order valence-electron chi connectivity index (χ2n) is 6.52. The van der Waals surface area contributed by atoms with Crippen molar-refractivity contribution in [1.82, 2.24) is 0 Å². The number of aryl methyl sites for hydroxylation is 1. The molecule has 1 heterocycles. The van der Waals surface area contributed by atoms with Crippen LogP contribution in [0, 0.1) is 12.8 Å². The van der Waals surface area contributed by atoms with Gasteiger partial charge in [0.15, 0.2) is 0 Å². The number of carboxylic acids is 1. The molecule has 0 unspecified atom stereocenters. The van der Waals surface area contributed by atoms with Crippen LogP contribution in [0.5, 0.6) is 0 Å². The Morgan fingerprint density at radius 3 is 2.79 bits per heavy atom. The molecule has 4 heteroatoms. The Labute approximate surface area is 146 Å². The molecule has 0 aromatic heterocycles. The van der Waals surface area contributed by atoms with Crippen molar-refractivity contribution in [1.29, 1.82) is 0 Å². The van der Waals surface area contributed by atoms with Crippen molar-refractivity contribution in [3.63, 3.8) is 0 Å². The Bertz CT molecular complexity index is 859. The molecule has 2 aromatic rings. The molecule has 122 valence electrons. The van der Waals surface area contributed by atoms with Gasteiger partial charge in [-0.3, -0.25) is 0 Å². The highest BCUT2D eigenvalue weighted by molar-refractivity contribution is 6.31. The first-order valence-corrected chi connectivity index (χ1v) is 8.50. The van der Waals surface area contributed by atoms with E-state index in [4.69, 9.17) is 11.6 Å². The zero-order valence-corrected chi connectivity index (χ0v) is 14.0. The standard InChI is InChI=1S/C20H18ClNO2/c1-11-9-10-15(20(23)24)17-12-6-4-7-13(12)19(22-18(11)17)14-5-2-3-8-16(14)21/h2-6,8-10,12-13,19,22H,7H2,1H3,(H,23,24)/t12-,13+,19-/m0/s1. The largest absolute Gasteiger partial charge is 0.478 e. The van der Waals surface area contributed by atoms with Gasteiger partial charge < -0.3 is 10.4 Å². The van der Waals surface area contributed by atoms with Crippen LogP contribution < -0.4 is 5.32 Å². The first kappa shape index (κ1) is 15.3. The van der Waals surface area contributed by atoms with Crippen molar-refractivity contribution in [2.24, 2.45) is 5.92 Å². The zero-order chi connectivity index (χ0) is 16.8. The quantitative estimate of drug-likeness (QED) is 0.742. The van der Waals surface area contributed by atoms with Crippen LogP contribution in [0.1, 0.15) is 45.4 Å². The normalized spacial score (nSPS) is 24.2. The maximum absolute atomic E-state index is 11.7. The van der Waals surface area contributed by atoms with E-state index in [0.717, 1.165) is 33.8 Å². The smallest absolute Gasteiger partial charge is 0.336 e. The van der Waals surface area contributed by atoms with Crippen LogP contribution in [0.3, 0.4) is 0 Å². The molecular weight excluding hydrogens is 322 g/mol. The van der Waals surface area contributed by atoms with E-state index >= 15 is 0 Å². The van der Waals surface area contributed by atoms with E-state index in [1.807, 2.05) is 31.2 Å². The SMILES string of the molecule is Cc1ccc(C(=O)O)c2c1N[C@H](c1ccccc1Cl)[C@@H]1CC=C[C@H]21. The summed E-state index contributed by atoms with van der Waals surface area (Å²) in [6.07, 6.45) is 5.23. The highest BCUT2D eigenvalue weighted by Gasteiger charge is 2.41. The summed E-state index contributed by atoms with van der Waals surface area (Å²) in [5, 5.41) is 14.0. The Hall–Kier alpha value is -2.26. The number of nitrogens with one attached hydrogen (secondary N) is 1. The zero-order valence-electron chi connectivity index (χ0n) is 13.3. The van der Waals surface area contributed by atoms with Crippen LogP contribution in [-0.2, 0) is 0 Å². The Kier molecular flexibility index (Phi) is 3.61. The Balaban J connectivity index is 1.90. The molecule has 3 atom stereocenters. The summed E-state index contributed by atoms with van der Waals surface area (Å²) in [6.45, 7) is 2.01. The van der Waals surface area contributed by atoms with Gasteiger partial charge in [-0.2, -0.15) is 0 Å². The minimum atomic E-state index is -0.872. The molecule has 2 aromatic carbocycles. The summed E-state index contributed by atoms with van der Waals surface area (Å²) < 4.78 is 0. The molecule has 4 rings (SSSR count).